The number of amides is 2. The number of carbonyl (C=O) groups excluding carboxylic acids is 1. The molecule has 4 aromatic rings. The minimum Gasteiger partial charge on any atom is -0.383 e. The second kappa shape index (κ2) is 10.6. The highest BCUT2D eigenvalue weighted by Gasteiger charge is 2.36. The second-order valence-electron chi connectivity index (χ2n) is 8.87. The van der Waals surface area contributed by atoms with Crippen molar-refractivity contribution in [3.63, 3.8) is 0 Å². The van der Waals surface area contributed by atoms with Gasteiger partial charge in [-0.1, -0.05) is 22.7 Å². The zero-order valence-electron chi connectivity index (χ0n) is 20.5. The van der Waals surface area contributed by atoms with Crippen LogP contribution in [0.5, 0.6) is 0 Å². The minimum absolute atomic E-state index is 0.0532. The fraction of sp³-hybridized carbons (Fsp3) is 0.375. The van der Waals surface area contributed by atoms with Crippen LogP contribution in [0.25, 0.3) is 16.9 Å². The maximum Gasteiger partial charge on any atom is 0.320 e. The molecule has 4 heterocycles. The number of hydrogen-bond donors (Lipinski definition) is 2. The van der Waals surface area contributed by atoms with Gasteiger partial charge in [0.05, 0.1) is 30.2 Å². The molecule has 1 unspecified atom stereocenters. The number of carbonyl (C=O) groups is 1. The van der Waals surface area contributed by atoms with Crippen molar-refractivity contribution >= 4 is 23.4 Å². The predicted octanol–water partition coefficient (Wildman–Crippen LogP) is 2.67. The number of aromatic nitrogens is 6. The first kappa shape index (κ1) is 24.1. The van der Waals surface area contributed by atoms with Crippen LogP contribution in [0.15, 0.2) is 48.1 Å². The van der Waals surface area contributed by atoms with Gasteiger partial charge in [0.1, 0.15) is 11.5 Å². The molecule has 1 aliphatic heterocycles. The quantitative estimate of drug-likeness (QED) is 0.377. The molecule has 0 saturated carbocycles. The molecular weight excluding hydrogens is 478 g/mol. The third-order valence-corrected chi connectivity index (χ3v) is 6.94. The summed E-state index contributed by atoms with van der Waals surface area (Å²) in [6, 6.07) is 9.34. The monoisotopic (exact) mass is 507 g/mol. The van der Waals surface area contributed by atoms with Crippen LogP contribution in [0.3, 0.4) is 0 Å². The number of hydrogen-bond acceptors (Lipinski definition) is 8. The molecule has 36 heavy (non-hydrogen) atoms. The maximum atomic E-state index is 13.3. The number of nitrogens with zero attached hydrogens (tertiary/aromatic N) is 7. The summed E-state index contributed by atoms with van der Waals surface area (Å²) in [6.45, 7) is 4.87. The highest BCUT2D eigenvalue weighted by atomic mass is 32.1. The Morgan fingerprint density at radius 3 is 2.78 bits per heavy atom. The van der Waals surface area contributed by atoms with Gasteiger partial charge in [-0.25, -0.2) is 9.48 Å². The van der Waals surface area contributed by atoms with E-state index in [0.717, 1.165) is 41.3 Å². The first-order valence-electron chi connectivity index (χ1n) is 11.7. The smallest absolute Gasteiger partial charge is 0.320 e. The molecule has 0 spiro atoms. The summed E-state index contributed by atoms with van der Waals surface area (Å²) in [7, 11) is 3.56. The Labute approximate surface area is 213 Å². The van der Waals surface area contributed by atoms with E-state index in [1.54, 1.807) is 22.7 Å². The van der Waals surface area contributed by atoms with Crippen LogP contribution in [0.2, 0.25) is 0 Å². The number of rotatable bonds is 8. The van der Waals surface area contributed by atoms with Crippen LogP contribution in [0.1, 0.15) is 17.2 Å². The predicted molar refractivity (Wildman–Crippen MR) is 137 cm³/mol. The van der Waals surface area contributed by atoms with Crippen LogP contribution in [-0.4, -0.2) is 79.5 Å². The molecule has 3 aromatic heterocycles. The Morgan fingerprint density at radius 2 is 2.08 bits per heavy atom. The van der Waals surface area contributed by atoms with Gasteiger partial charge < -0.3 is 10.1 Å². The zero-order valence-corrected chi connectivity index (χ0v) is 21.3. The van der Waals surface area contributed by atoms with Crippen molar-refractivity contribution in [1.29, 1.82) is 0 Å². The summed E-state index contributed by atoms with van der Waals surface area (Å²) < 4.78 is 12.8. The lowest BCUT2D eigenvalue weighted by Gasteiger charge is -2.19. The topological polar surface area (TPSA) is 115 Å². The minimum atomic E-state index is -0.292. The highest BCUT2D eigenvalue weighted by molar-refractivity contribution is 7.03. The summed E-state index contributed by atoms with van der Waals surface area (Å²) in [5.41, 5.74) is 4.25. The van der Waals surface area contributed by atoms with Crippen molar-refractivity contribution in [2.24, 2.45) is 7.05 Å². The van der Waals surface area contributed by atoms with Crippen LogP contribution < -0.4 is 10.6 Å². The van der Waals surface area contributed by atoms with Gasteiger partial charge in [-0.05, 0) is 30.6 Å². The van der Waals surface area contributed by atoms with Crippen molar-refractivity contribution in [3.8, 4) is 16.9 Å². The number of likely N-dealkylation sites (tertiary alicyclic amines) is 1. The summed E-state index contributed by atoms with van der Waals surface area (Å²) in [6.07, 6.45) is 3.68. The van der Waals surface area contributed by atoms with E-state index in [0.29, 0.717) is 19.0 Å². The average molecular weight is 508 g/mol. The number of para-hydroxylation sites is 1. The van der Waals surface area contributed by atoms with Crippen LogP contribution in [0.4, 0.5) is 10.6 Å². The van der Waals surface area contributed by atoms with Gasteiger partial charge >= 0.3 is 6.03 Å². The van der Waals surface area contributed by atoms with Gasteiger partial charge in [0.15, 0.2) is 0 Å². The second-order valence-corrected chi connectivity index (χ2v) is 9.48. The number of urea groups is 1. The fourth-order valence-electron chi connectivity index (χ4n) is 4.60. The number of aryl methyl sites for hydroxylation is 1. The van der Waals surface area contributed by atoms with E-state index >= 15 is 0 Å². The molecule has 2 N–H and O–H groups in total. The summed E-state index contributed by atoms with van der Waals surface area (Å²) in [5, 5.41) is 21.6. The lowest BCUT2D eigenvalue weighted by Crippen LogP contribution is -2.42. The average Bonchev–Trinajstić information content (AvgIpc) is 3.67. The third kappa shape index (κ3) is 5.01. The standard InChI is InChI=1S/C24H29N9O2S/c1-16-22(17-11-25-31(2)12-17)29-33(18-7-5-4-6-8-18)23(16)27-24(34)26-20-14-32(9-10-35-3)13-19(20)21-15-36-30-28-21/h4-8,11-12,15,19-20H,9-10,13-14H2,1-3H3,(H2,26,27,34)/t19?,20-/m1/s1. The van der Waals surface area contributed by atoms with Crippen molar-refractivity contribution < 1.29 is 9.53 Å². The number of benzene rings is 1. The molecule has 0 aliphatic carbocycles. The SMILES string of the molecule is COCCN1CC(c2csnn2)[C@H](NC(=O)Nc2c(C)c(-c3cnn(C)c3)nn2-c2ccccc2)C1. The molecule has 1 fully saturated rings. The van der Waals surface area contributed by atoms with Gasteiger partial charge in [-0.15, -0.1) is 5.10 Å². The Hall–Kier alpha value is -3.61. The molecule has 2 atom stereocenters. The lowest BCUT2D eigenvalue weighted by atomic mass is 10.0. The van der Waals surface area contributed by atoms with Crippen molar-refractivity contribution in [3.05, 3.63) is 59.4 Å². The Balaban J connectivity index is 1.40. The van der Waals surface area contributed by atoms with Gasteiger partial charge in [0.2, 0.25) is 0 Å². The normalized spacial score (nSPS) is 18.0. The molecule has 12 heteroatoms. The number of anilines is 1. The number of ether oxygens (including phenoxy) is 1. The Kier molecular flexibility index (Phi) is 7.07. The summed E-state index contributed by atoms with van der Waals surface area (Å²) in [4.78, 5) is 15.6. The van der Waals surface area contributed by atoms with Gasteiger partial charge in [0, 0.05) is 62.4 Å². The van der Waals surface area contributed by atoms with Crippen LogP contribution in [-0.2, 0) is 11.8 Å². The molecule has 1 aromatic carbocycles. The summed E-state index contributed by atoms with van der Waals surface area (Å²) in [5.74, 6) is 0.663. The first-order chi connectivity index (χ1) is 17.5. The molecule has 0 radical (unpaired) electrons. The van der Waals surface area contributed by atoms with Crippen LogP contribution in [0, 0.1) is 6.92 Å². The van der Waals surface area contributed by atoms with E-state index in [9.17, 15) is 4.79 Å². The molecular formula is C24H29N9O2S. The molecule has 1 saturated heterocycles. The lowest BCUT2D eigenvalue weighted by molar-refractivity contribution is 0.159. The highest BCUT2D eigenvalue weighted by Crippen LogP contribution is 2.31. The van der Waals surface area contributed by atoms with Crippen molar-refractivity contribution in [2.45, 2.75) is 18.9 Å². The molecule has 188 valence electrons. The number of methoxy groups -OCH3 is 1. The van der Waals surface area contributed by atoms with E-state index in [2.05, 4.69) is 30.2 Å². The van der Waals surface area contributed by atoms with Crippen molar-refractivity contribution in [2.75, 3.05) is 38.7 Å². The summed E-state index contributed by atoms with van der Waals surface area (Å²) >= 11 is 1.32. The van der Waals surface area contributed by atoms with Gasteiger partial charge in [0.25, 0.3) is 0 Å². The van der Waals surface area contributed by atoms with E-state index in [1.807, 2.05) is 55.9 Å². The maximum absolute atomic E-state index is 13.3. The molecule has 1 aliphatic rings. The third-order valence-electron chi connectivity index (χ3n) is 6.41. The van der Waals surface area contributed by atoms with Gasteiger partial charge in [-0.2, -0.15) is 10.2 Å². The van der Waals surface area contributed by atoms with E-state index in [4.69, 9.17) is 9.84 Å². The molecule has 5 rings (SSSR count). The van der Waals surface area contributed by atoms with E-state index < -0.39 is 0 Å². The number of nitrogens with one attached hydrogen (secondary N) is 2. The first-order valence-corrected chi connectivity index (χ1v) is 12.6. The molecule has 11 nitrogen and oxygen atoms in total. The largest absolute Gasteiger partial charge is 0.383 e. The van der Waals surface area contributed by atoms with E-state index in [-0.39, 0.29) is 18.0 Å². The van der Waals surface area contributed by atoms with Gasteiger partial charge in [-0.3, -0.25) is 14.9 Å². The molecule has 0 bridgehead atoms. The fourth-order valence-corrected chi connectivity index (χ4v) is 5.11. The van der Waals surface area contributed by atoms with Crippen LogP contribution >= 0.6 is 11.5 Å². The zero-order chi connectivity index (χ0) is 25.1. The van der Waals surface area contributed by atoms with Crippen molar-refractivity contribution in [1.82, 2.24) is 39.4 Å². The molecule has 2 amide bonds. The Bertz CT molecular complexity index is 1300. The Morgan fingerprint density at radius 1 is 1.25 bits per heavy atom. The van der Waals surface area contributed by atoms with E-state index in [1.165, 1.54) is 11.5 Å².